The summed E-state index contributed by atoms with van der Waals surface area (Å²) < 4.78 is 10.9. The molecule has 4 atom stereocenters. The van der Waals surface area contributed by atoms with E-state index in [0.717, 1.165) is 0 Å². The molecule has 4 rings (SSSR count). The number of carboxylic acid groups (broad SMARTS) is 1. The van der Waals surface area contributed by atoms with E-state index in [1.165, 1.54) is 0 Å². The summed E-state index contributed by atoms with van der Waals surface area (Å²) in [5.74, 6) is -2.55. The van der Waals surface area contributed by atoms with Crippen LogP contribution in [-0.2, 0) is 19.1 Å². The first-order valence-corrected chi connectivity index (χ1v) is 8.79. The second-order valence-corrected chi connectivity index (χ2v) is 7.12. The van der Waals surface area contributed by atoms with Gasteiger partial charge in [0.15, 0.2) is 0 Å². The van der Waals surface area contributed by atoms with Crippen molar-refractivity contribution in [2.45, 2.75) is 37.5 Å². The van der Waals surface area contributed by atoms with Gasteiger partial charge in [0.1, 0.15) is 11.5 Å². The lowest BCUT2D eigenvalue weighted by Gasteiger charge is -2.37. The molecule has 4 aliphatic heterocycles. The van der Waals surface area contributed by atoms with Gasteiger partial charge in [-0.2, -0.15) is 0 Å². The van der Waals surface area contributed by atoms with Gasteiger partial charge in [0.25, 0.3) is 0 Å². The number of ether oxygens (including phenoxy) is 2. The molecule has 25 heavy (non-hydrogen) atoms. The van der Waals surface area contributed by atoms with Crippen LogP contribution in [0, 0.1) is 11.8 Å². The number of hydrogen-bond donors (Lipinski definition) is 1. The first kappa shape index (κ1) is 16.4. The van der Waals surface area contributed by atoms with Crippen LogP contribution in [-0.4, -0.2) is 76.9 Å². The summed E-state index contributed by atoms with van der Waals surface area (Å²) in [6, 6.07) is 0.00338. The van der Waals surface area contributed by atoms with Crippen molar-refractivity contribution < 1.29 is 29.0 Å². The molecule has 4 heterocycles. The van der Waals surface area contributed by atoms with E-state index in [-0.39, 0.29) is 18.0 Å². The van der Waals surface area contributed by atoms with E-state index >= 15 is 0 Å². The monoisotopic (exact) mass is 350 g/mol. The third-order valence-corrected chi connectivity index (χ3v) is 5.85. The predicted molar refractivity (Wildman–Crippen MR) is 84.7 cm³/mol. The van der Waals surface area contributed by atoms with Crippen molar-refractivity contribution in [3.05, 3.63) is 12.2 Å². The van der Waals surface area contributed by atoms with Crippen LogP contribution >= 0.6 is 0 Å². The Morgan fingerprint density at radius 3 is 2.76 bits per heavy atom. The van der Waals surface area contributed by atoms with Crippen LogP contribution in [0.1, 0.15) is 19.8 Å². The molecule has 3 saturated heterocycles. The maximum absolute atomic E-state index is 12.9. The standard InChI is InChI=1S/C17H22N2O6/c1-2-24-16(23)18-7-4-10(5-8-18)19-9-17-6-3-11(25-17)12(15(21)22)13(17)14(19)20/h3,6,10-13H,2,4-5,7-9H2,1H3,(H,21,22)/t11-,12+,13-,17+/m1/s1. The van der Waals surface area contributed by atoms with Crippen LogP contribution in [0.4, 0.5) is 4.79 Å². The number of carbonyl (C=O) groups is 3. The fourth-order valence-corrected chi connectivity index (χ4v) is 4.69. The Morgan fingerprint density at radius 2 is 2.12 bits per heavy atom. The van der Waals surface area contributed by atoms with Gasteiger partial charge in [-0.3, -0.25) is 9.59 Å². The normalized spacial score (nSPS) is 36.8. The molecule has 3 fully saturated rings. The lowest BCUT2D eigenvalue weighted by Crippen LogP contribution is -2.48. The summed E-state index contributed by atoms with van der Waals surface area (Å²) in [6.45, 7) is 3.58. The lowest BCUT2D eigenvalue weighted by atomic mass is 9.77. The molecular weight excluding hydrogens is 328 g/mol. The van der Waals surface area contributed by atoms with Crippen molar-refractivity contribution in [1.29, 1.82) is 0 Å². The number of likely N-dealkylation sites (tertiary alicyclic amines) is 2. The highest BCUT2D eigenvalue weighted by Crippen LogP contribution is 2.52. The minimum Gasteiger partial charge on any atom is -0.481 e. The quantitative estimate of drug-likeness (QED) is 0.744. The molecule has 0 aromatic heterocycles. The SMILES string of the molecule is CCOC(=O)N1CCC(N2C[C@]34C=C[C@@H](O3)[C@H](C(=O)O)[C@@H]4C2=O)CC1. The number of nitrogens with zero attached hydrogens (tertiary/aromatic N) is 2. The highest BCUT2D eigenvalue weighted by Gasteiger charge is 2.67. The molecule has 1 spiro atoms. The van der Waals surface area contributed by atoms with Gasteiger partial charge in [-0.1, -0.05) is 12.2 Å². The lowest BCUT2D eigenvalue weighted by molar-refractivity contribution is -0.148. The largest absolute Gasteiger partial charge is 0.481 e. The van der Waals surface area contributed by atoms with Gasteiger partial charge in [0, 0.05) is 19.1 Å². The van der Waals surface area contributed by atoms with Crippen LogP contribution in [0.5, 0.6) is 0 Å². The highest BCUT2D eigenvalue weighted by molar-refractivity contribution is 5.91. The molecule has 4 aliphatic rings. The second-order valence-electron chi connectivity index (χ2n) is 7.12. The number of amides is 2. The smallest absolute Gasteiger partial charge is 0.409 e. The van der Waals surface area contributed by atoms with Gasteiger partial charge >= 0.3 is 12.1 Å². The summed E-state index contributed by atoms with van der Waals surface area (Å²) in [5.41, 5.74) is -0.789. The summed E-state index contributed by atoms with van der Waals surface area (Å²) >= 11 is 0. The molecule has 2 bridgehead atoms. The zero-order chi connectivity index (χ0) is 17.8. The topological polar surface area (TPSA) is 96.4 Å². The Hall–Kier alpha value is -2.09. The number of rotatable bonds is 3. The Kier molecular flexibility index (Phi) is 3.75. The van der Waals surface area contributed by atoms with E-state index in [4.69, 9.17) is 9.47 Å². The van der Waals surface area contributed by atoms with E-state index in [2.05, 4.69) is 0 Å². The van der Waals surface area contributed by atoms with Crippen molar-refractivity contribution >= 4 is 18.0 Å². The Labute approximate surface area is 145 Å². The molecule has 0 unspecified atom stereocenters. The summed E-state index contributed by atoms with van der Waals surface area (Å²) in [7, 11) is 0. The Morgan fingerprint density at radius 1 is 1.40 bits per heavy atom. The fourth-order valence-electron chi connectivity index (χ4n) is 4.69. The second kappa shape index (κ2) is 5.72. The summed E-state index contributed by atoms with van der Waals surface area (Å²) in [5, 5.41) is 9.50. The van der Waals surface area contributed by atoms with Crippen LogP contribution in [0.2, 0.25) is 0 Å². The molecule has 0 aromatic rings. The number of fused-ring (bicyclic) bond motifs is 1. The molecule has 0 aromatic carbocycles. The third-order valence-electron chi connectivity index (χ3n) is 5.85. The van der Waals surface area contributed by atoms with Gasteiger partial charge < -0.3 is 24.4 Å². The number of carboxylic acids is 1. The van der Waals surface area contributed by atoms with Crippen LogP contribution in [0.25, 0.3) is 0 Å². The molecule has 136 valence electrons. The molecule has 0 aliphatic carbocycles. The first-order chi connectivity index (χ1) is 12.0. The first-order valence-electron chi connectivity index (χ1n) is 8.79. The Bertz CT molecular complexity index is 641. The van der Waals surface area contributed by atoms with Gasteiger partial charge in [-0.05, 0) is 19.8 Å². The van der Waals surface area contributed by atoms with Crippen molar-refractivity contribution in [3.8, 4) is 0 Å². The molecule has 0 saturated carbocycles. The molecule has 8 heteroatoms. The molecular formula is C17H22N2O6. The maximum Gasteiger partial charge on any atom is 0.409 e. The van der Waals surface area contributed by atoms with Crippen molar-refractivity contribution in [1.82, 2.24) is 9.80 Å². The van der Waals surface area contributed by atoms with Crippen LogP contribution < -0.4 is 0 Å². The maximum atomic E-state index is 12.9. The van der Waals surface area contributed by atoms with Crippen LogP contribution in [0.3, 0.4) is 0 Å². The van der Waals surface area contributed by atoms with Crippen molar-refractivity contribution in [2.75, 3.05) is 26.2 Å². The average Bonchev–Trinajstić information content (AvgIpc) is 3.23. The number of carbonyl (C=O) groups excluding carboxylic acids is 2. The van der Waals surface area contributed by atoms with Gasteiger partial charge in [-0.15, -0.1) is 0 Å². The molecule has 8 nitrogen and oxygen atoms in total. The van der Waals surface area contributed by atoms with Crippen molar-refractivity contribution in [2.24, 2.45) is 11.8 Å². The third kappa shape index (κ3) is 2.34. The summed E-state index contributed by atoms with van der Waals surface area (Å²) in [4.78, 5) is 39.8. The van der Waals surface area contributed by atoms with Crippen LogP contribution in [0.15, 0.2) is 12.2 Å². The van der Waals surface area contributed by atoms with Gasteiger partial charge in [-0.25, -0.2) is 4.79 Å². The number of aliphatic carboxylic acids is 1. The zero-order valence-electron chi connectivity index (χ0n) is 14.1. The average molecular weight is 350 g/mol. The zero-order valence-corrected chi connectivity index (χ0v) is 14.1. The molecule has 2 amide bonds. The predicted octanol–water partition coefficient (Wildman–Crippen LogP) is 0.474. The summed E-state index contributed by atoms with van der Waals surface area (Å²) in [6.07, 6.45) is 4.15. The minimum absolute atomic E-state index is 0.00338. The molecule has 0 radical (unpaired) electrons. The van der Waals surface area contributed by atoms with Crippen molar-refractivity contribution in [3.63, 3.8) is 0 Å². The number of hydrogen-bond acceptors (Lipinski definition) is 5. The molecule has 1 N–H and O–H groups in total. The van der Waals surface area contributed by atoms with E-state index in [9.17, 15) is 19.5 Å². The van der Waals surface area contributed by atoms with E-state index in [1.54, 1.807) is 22.8 Å². The number of piperidine rings is 1. The van der Waals surface area contributed by atoms with E-state index in [0.29, 0.717) is 39.1 Å². The van der Waals surface area contributed by atoms with E-state index < -0.39 is 29.5 Å². The Balaban J connectivity index is 1.46. The van der Waals surface area contributed by atoms with Gasteiger partial charge in [0.2, 0.25) is 5.91 Å². The highest BCUT2D eigenvalue weighted by atomic mass is 16.6. The minimum atomic E-state index is -0.978. The van der Waals surface area contributed by atoms with E-state index in [1.807, 2.05) is 6.08 Å². The van der Waals surface area contributed by atoms with Gasteiger partial charge in [0.05, 0.1) is 25.2 Å². The fraction of sp³-hybridized carbons (Fsp3) is 0.706.